The standard InChI is InChI=1S/C17H16N2O3S/c1-4-21-17(20)13-14(12-8-6-5-7-9-12)22-16(19-13)15-10(2)18-11(3)23-15/h5-9H,4H2,1-3H3. The van der Waals surface area contributed by atoms with Gasteiger partial charge in [0.05, 0.1) is 17.3 Å². The zero-order valence-electron chi connectivity index (χ0n) is 13.1. The van der Waals surface area contributed by atoms with Crippen molar-refractivity contribution in [3.8, 4) is 22.1 Å². The zero-order chi connectivity index (χ0) is 16.4. The molecule has 5 nitrogen and oxygen atoms in total. The van der Waals surface area contributed by atoms with Crippen molar-refractivity contribution < 1.29 is 13.9 Å². The molecule has 3 rings (SSSR count). The highest BCUT2D eigenvalue weighted by molar-refractivity contribution is 7.15. The van der Waals surface area contributed by atoms with E-state index in [9.17, 15) is 4.79 Å². The minimum atomic E-state index is -0.486. The van der Waals surface area contributed by atoms with E-state index in [2.05, 4.69) is 9.97 Å². The number of carbonyl (C=O) groups is 1. The molecule has 0 N–H and O–H groups in total. The zero-order valence-corrected chi connectivity index (χ0v) is 13.9. The van der Waals surface area contributed by atoms with Gasteiger partial charge in [-0.25, -0.2) is 14.8 Å². The van der Waals surface area contributed by atoms with Gasteiger partial charge in [-0.1, -0.05) is 30.3 Å². The van der Waals surface area contributed by atoms with E-state index in [0.717, 1.165) is 21.1 Å². The third-order valence-corrected chi connectivity index (χ3v) is 4.29. The Balaban J connectivity index is 2.14. The number of carbonyl (C=O) groups excluding carboxylic acids is 1. The summed E-state index contributed by atoms with van der Waals surface area (Å²) in [6, 6.07) is 9.42. The summed E-state index contributed by atoms with van der Waals surface area (Å²) in [5, 5.41) is 0.926. The maximum Gasteiger partial charge on any atom is 0.361 e. The van der Waals surface area contributed by atoms with Crippen molar-refractivity contribution in [3.05, 3.63) is 46.7 Å². The summed E-state index contributed by atoms with van der Waals surface area (Å²) in [5.41, 5.74) is 1.82. The van der Waals surface area contributed by atoms with E-state index in [1.165, 1.54) is 11.3 Å². The molecule has 0 aliphatic rings. The summed E-state index contributed by atoms with van der Waals surface area (Å²) in [6.45, 7) is 5.87. The first-order valence-electron chi connectivity index (χ1n) is 7.28. The molecule has 2 aromatic heterocycles. The normalized spacial score (nSPS) is 10.7. The first kappa shape index (κ1) is 15.4. The maximum absolute atomic E-state index is 12.2. The number of benzene rings is 1. The molecule has 118 valence electrons. The van der Waals surface area contributed by atoms with Crippen molar-refractivity contribution in [2.45, 2.75) is 20.8 Å². The van der Waals surface area contributed by atoms with Crippen LogP contribution in [-0.2, 0) is 4.74 Å². The number of ether oxygens (including phenoxy) is 1. The van der Waals surface area contributed by atoms with Gasteiger partial charge in [0.15, 0.2) is 11.5 Å². The lowest BCUT2D eigenvalue weighted by molar-refractivity contribution is 0.0520. The van der Waals surface area contributed by atoms with Crippen molar-refractivity contribution in [2.75, 3.05) is 6.61 Å². The predicted molar refractivity (Wildman–Crippen MR) is 88.5 cm³/mol. The van der Waals surface area contributed by atoms with Crippen LogP contribution in [0.1, 0.15) is 28.1 Å². The number of thiazole rings is 1. The predicted octanol–water partition coefficient (Wildman–Crippen LogP) is 4.26. The molecule has 1 aromatic carbocycles. The largest absolute Gasteiger partial charge is 0.461 e. The Bertz CT molecular complexity index is 837. The molecule has 0 atom stereocenters. The van der Waals surface area contributed by atoms with E-state index in [0.29, 0.717) is 11.7 Å². The van der Waals surface area contributed by atoms with Crippen LogP contribution in [0.15, 0.2) is 34.7 Å². The van der Waals surface area contributed by atoms with Crippen LogP contribution < -0.4 is 0 Å². The van der Waals surface area contributed by atoms with Gasteiger partial charge in [-0.2, -0.15) is 0 Å². The smallest absolute Gasteiger partial charge is 0.361 e. The van der Waals surface area contributed by atoms with Crippen LogP contribution in [-0.4, -0.2) is 22.5 Å². The lowest BCUT2D eigenvalue weighted by atomic mass is 10.1. The Labute approximate surface area is 138 Å². The van der Waals surface area contributed by atoms with Gasteiger partial charge in [-0.15, -0.1) is 11.3 Å². The highest BCUT2D eigenvalue weighted by atomic mass is 32.1. The van der Waals surface area contributed by atoms with E-state index >= 15 is 0 Å². The van der Waals surface area contributed by atoms with E-state index in [-0.39, 0.29) is 12.3 Å². The highest BCUT2D eigenvalue weighted by Crippen LogP contribution is 2.34. The number of esters is 1. The average Bonchev–Trinajstić information content (AvgIpc) is 3.11. The molecule has 0 spiro atoms. The van der Waals surface area contributed by atoms with Crippen molar-refractivity contribution in [2.24, 2.45) is 0 Å². The molecular weight excluding hydrogens is 312 g/mol. The van der Waals surface area contributed by atoms with Crippen molar-refractivity contribution in [1.82, 2.24) is 9.97 Å². The fraction of sp³-hybridized carbons (Fsp3) is 0.235. The molecule has 0 radical (unpaired) electrons. The van der Waals surface area contributed by atoms with Crippen molar-refractivity contribution in [3.63, 3.8) is 0 Å². The van der Waals surface area contributed by atoms with Gasteiger partial charge in [0.2, 0.25) is 5.89 Å². The lowest BCUT2D eigenvalue weighted by Gasteiger charge is -2.00. The summed E-state index contributed by atoms with van der Waals surface area (Å²) in [5.74, 6) is 0.333. The summed E-state index contributed by atoms with van der Waals surface area (Å²) in [6.07, 6.45) is 0. The first-order chi connectivity index (χ1) is 11.1. The topological polar surface area (TPSA) is 65.2 Å². The quantitative estimate of drug-likeness (QED) is 0.670. The second kappa shape index (κ2) is 6.34. The highest BCUT2D eigenvalue weighted by Gasteiger charge is 2.25. The SMILES string of the molecule is CCOC(=O)c1nc(-c2sc(C)nc2C)oc1-c1ccccc1. The van der Waals surface area contributed by atoms with E-state index < -0.39 is 5.97 Å². The number of oxazole rings is 1. The van der Waals surface area contributed by atoms with E-state index in [1.807, 2.05) is 44.2 Å². The third-order valence-electron chi connectivity index (χ3n) is 3.23. The number of nitrogens with zero attached hydrogens (tertiary/aromatic N) is 2. The summed E-state index contributed by atoms with van der Waals surface area (Å²) in [4.78, 5) is 21.8. The molecule has 6 heteroatoms. The molecule has 2 heterocycles. The van der Waals surface area contributed by atoms with Crippen LogP contribution in [0.3, 0.4) is 0 Å². The van der Waals surface area contributed by atoms with Crippen LogP contribution in [0.5, 0.6) is 0 Å². The van der Waals surface area contributed by atoms with Crippen LogP contribution in [0.2, 0.25) is 0 Å². The Morgan fingerprint density at radius 2 is 1.96 bits per heavy atom. The van der Waals surface area contributed by atoms with Crippen LogP contribution >= 0.6 is 11.3 Å². The Morgan fingerprint density at radius 3 is 2.57 bits per heavy atom. The lowest BCUT2D eigenvalue weighted by Crippen LogP contribution is -2.06. The average molecular weight is 328 g/mol. The van der Waals surface area contributed by atoms with Gasteiger partial charge in [-0.3, -0.25) is 0 Å². The van der Waals surface area contributed by atoms with Gasteiger partial charge in [0, 0.05) is 5.56 Å². The maximum atomic E-state index is 12.2. The number of hydrogen-bond donors (Lipinski definition) is 0. The Morgan fingerprint density at radius 1 is 1.22 bits per heavy atom. The van der Waals surface area contributed by atoms with Crippen molar-refractivity contribution >= 4 is 17.3 Å². The van der Waals surface area contributed by atoms with Gasteiger partial charge in [-0.05, 0) is 20.8 Å². The molecular formula is C17H16N2O3S. The second-order valence-electron chi connectivity index (χ2n) is 4.93. The fourth-order valence-electron chi connectivity index (χ4n) is 2.27. The van der Waals surface area contributed by atoms with Gasteiger partial charge >= 0.3 is 5.97 Å². The van der Waals surface area contributed by atoms with Gasteiger partial charge in [0.1, 0.15) is 4.88 Å². The molecule has 3 aromatic rings. The number of aromatic nitrogens is 2. The number of aryl methyl sites for hydroxylation is 2. The molecule has 0 saturated carbocycles. The molecule has 0 aliphatic heterocycles. The molecule has 0 bridgehead atoms. The van der Waals surface area contributed by atoms with Gasteiger partial charge < -0.3 is 9.15 Å². The summed E-state index contributed by atoms with van der Waals surface area (Å²) in [7, 11) is 0. The van der Waals surface area contributed by atoms with Crippen LogP contribution in [0.4, 0.5) is 0 Å². The van der Waals surface area contributed by atoms with E-state index in [4.69, 9.17) is 9.15 Å². The number of hydrogen-bond acceptors (Lipinski definition) is 6. The molecule has 0 amide bonds. The molecule has 0 aliphatic carbocycles. The Hall–Kier alpha value is -2.47. The fourth-order valence-corrected chi connectivity index (χ4v) is 3.12. The molecule has 0 unspecified atom stereocenters. The minimum Gasteiger partial charge on any atom is -0.461 e. The monoisotopic (exact) mass is 328 g/mol. The minimum absolute atomic E-state index is 0.193. The summed E-state index contributed by atoms with van der Waals surface area (Å²) >= 11 is 1.49. The summed E-state index contributed by atoms with van der Waals surface area (Å²) < 4.78 is 11.0. The third kappa shape index (κ3) is 3.03. The van der Waals surface area contributed by atoms with Crippen LogP contribution in [0.25, 0.3) is 22.1 Å². The second-order valence-corrected chi connectivity index (χ2v) is 6.13. The Kier molecular flexibility index (Phi) is 4.25. The van der Waals surface area contributed by atoms with Crippen LogP contribution in [0, 0.1) is 13.8 Å². The van der Waals surface area contributed by atoms with Crippen molar-refractivity contribution in [1.29, 1.82) is 0 Å². The molecule has 0 fully saturated rings. The molecule has 23 heavy (non-hydrogen) atoms. The van der Waals surface area contributed by atoms with Gasteiger partial charge in [0.25, 0.3) is 0 Å². The molecule has 0 saturated heterocycles. The number of rotatable bonds is 4. The van der Waals surface area contributed by atoms with E-state index in [1.54, 1.807) is 6.92 Å². The first-order valence-corrected chi connectivity index (χ1v) is 8.09.